The lowest BCUT2D eigenvalue weighted by molar-refractivity contribution is -0.128. The van der Waals surface area contributed by atoms with Crippen LogP contribution in [0.15, 0.2) is 71.3 Å². The highest BCUT2D eigenvalue weighted by molar-refractivity contribution is 8.00. The van der Waals surface area contributed by atoms with Crippen LogP contribution in [0.3, 0.4) is 0 Å². The summed E-state index contributed by atoms with van der Waals surface area (Å²) in [5.41, 5.74) is 2.31. The Morgan fingerprint density at radius 2 is 1.94 bits per heavy atom. The molecule has 0 saturated carbocycles. The Kier molecular flexibility index (Phi) is 6.48. The van der Waals surface area contributed by atoms with Gasteiger partial charge in [0.15, 0.2) is 0 Å². The summed E-state index contributed by atoms with van der Waals surface area (Å²) in [7, 11) is -1.95. The van der Waals surface area contributed by atoms with Gasteiger partial charge in [0.2, 0.25) is 15.9 Å². The highest BCUT2D eigenvalue weighted by Crippen LogP contribution is 2.39. The zero-order valence-corrected chi connectivity index (χ0v) is 19.7. The first-order valence-corrected chi connectivity index (χ1v) is 13.0. The first kappa shape index (κ1) is 22.9. The van der Waals surface area contributed by atoms with E-state index in [0.29, 0.717) is 29.2 Å². The molecule has 1 aliphatic heterocycles. The van der Waals surface area contributed by atoms with E-state index in [1.807, 2.05) is 18.2 Å². The topological polar surface area (TPSA) is 99.9 Å². The number of thioether (sulfide) groups is 1. The maximum atomic E-state index is 12.7. The van der Waals surface area contributed by atoms with Crippen LogP contribution in [-0.2, 0) is 21.4 Å². The number of sulfonamides is 1. The summed E-state index contributed by atoms with van der Waals surface area (Å²) in [5, 5.41) is 2.65. The molecule has 0 aliphatic carbocycles. The van der Waals surface area contributed by atoms with Crippen LogP contribution in [0, 0.1) is 0 Å². The molecule has 2 heterocycles. The van der Waals surface area contributed by atoms with Crippen molar-refractivity contribution in [1.29, 1.82) is 0 Å². The lowest BCUT2D eigenvalue weighted by Crippen LogP contribution is -2.27. The molecule has 0 radical (unpaired) electrons. The van der Waals surface area contributed by atoms with Crippen molar-refractivity contribution < 1.29 is 22.4 Å². The molecule has 4 rings (SSSR count). The van der Waals surface area contributed by atoms with E-state index >= 15 is 0 Å². The van der Waals surface area contributed by atoms with Gasteiger partial charge in [-0.05, 0) is 48.0 Å². The fourth-order valence-electron chi connectivity index (χ4n) is 3.44. The predicted octanol–water partition coefficient (Wildman–Crippen LogP) is 3.70. The van der Waals surface area contributed by atoms with Crippen molar-refractivity contribution in [2.24, 2.45) is 0 Å². The predicted molar refractivity (Wildman–Crippen MR) is 129 cm³/mol. The molecule has 1 saturated heterocycles. The van der Waals surface area contributed by atoms with Gasteiger partial charge in [-0.25, -0.2) is 8.42 Å². The number of nitrogens with zero attached hydrogens (tertiary/aromatic N) is 2. The summed E-state index contributed by atoms with van der Waals surface area (Å²) in [4.78, 5) is 26.9. The molecule has 33 heavy (non-hydrogen) atoms. The molecule has 0 bridgehead atoms. The largest absolute Gasteiger partial charge is 0.467 e. The third kappa shape index (κ3) is 5.23. The van der Waals surface area contributed by atoms with Crippen LogP contribution in [0.1, 0.15) is 27.1 Å². The molecule has 1 N–H and O–H groups in total. The normalized spacial score (nSPS) is 16.1. The van der Waals surface area contributed by atoms with Crippen molar-refractivity contribution in [1.82, 2.24) is 4.90 Å². The van der Waals surface area contributed by atoms with E-state index in [4.69, 9.17) is 4.42 Å². The second kappa shape index (κ2) is 9.32. The summed E-state index contributed by atoms with van der Waals surface area (Å²) in [6.45, 7) is 0.393. The number of rotatable bonds is 7. The van der Waals surface area contributed by atoms with Crippen LogP contribution in [0.25, 0.3) is 0 Å². The van der Waals surface area contributed by atoms with Gasteiger partial charge in [-0.2, -0.15) is 0 Å². The van der Waals surface area contributed by atoms with Crippen molar-refractivity contribution in [3.8, 4) is 0 Å². The van der Waals surface area contributed by atoms with Gasteiger partial charge in [-0.3, -0.25) is 13.9 Å². The van der Waals surface area contributed by atoms with Crippen molar-refractivity contribution in [3.63, 3.8) is 0 Å². The van der Waals surface area contributed by atoms with Gasteiger partial charge < -0.3 is 14.6 Å². The third-order valence-electron chi connectivity index (χ3n) is 5.30. The molecular formula is C23H23N3O5S2. The Morgan fingerprint density at radius 1 is 1.18 bits per heavy atom. The number of carbonyl (C=O) groups is 2. The molecular weight excluding hydrogens is 462 g/mol. The SMILES string of the molecule is CN(c1cccc(NC(=O)c2ccc([C@H]3SCC(=O)N3Cc3ccco3)cc2)c1)S(C)(=O)=O. The number of benzene rings is 2. The van der Waals surface area contributed by atoms with Crippen LogP contribution in [0.2, 0.25) is 0 Å². The van der Waals surface area contributed by atoms with E-state index in [-0.39, 0.29) is 17.2 Å². The minimum Gasteiger partial charge on any atom is -0.467 e. The summed E-state index contributed by atoms with van der Waals surface area (Å²) in [6, 6.07) is 17.4. The van der Waals surface area contributed by atoms with Crippen LogP contribution in [0.4, 0.5) is 11.4 Å². The molecule has 172 valence electrons. The van der Waals surface area contributed by atoms with E-state index in [1.165, 1.54) is 18.8 Å². The number of hydrogen-bond acceptors (Lipinski definition) is 6. The van der Waals surface area contributed by atoms with Gasteiger partial charge in [0.05, 0.1) is 30.5 Å². The number of carbonyl (C=O) groups excluding carboxylic acids is 2. The van der Waals surface area contributed by atoms with Gasteiger partial charge in [0, 0.05) is 18.3 Å². The Hall–Kier alpha value is -3.24. The Labute approximate surface area is 196 Å². The van der Waals surface area contributed by atoms with Crippen LogP contribution in [0.5, 0.6) is 0 Å². The molecule has 0 spiro atoms. The van der Waals surface area contributed by atoms with Gasteiger partial charge >= 0.3 is 0 Å². The molecule has 10 heteroatoms. The maximum absolute atomic E-state index is 12.7. The van der Waals surface area contributed by atoms with Crippen molar-refractivity contribution >= 4 is 45.0 Å². The first-order valence-electron chi connectivity index (χ1n) is 10.1. The fraction of sp³-hybridized carbons (Fsp3) is 0.217. The number of hydrogen-bond donors (Lipinski definition) is 1. The summed E-state index contributed by atoms with van der Waals surface area (Å²) >= 11 is 1.54. The Balaban J connectivity index is 1.46. The maximum Gasteiger partial charge on any atom is 0.255 e. The van der Waals surface area contributed by atoms with E-state index in [2.05, 4.69) is 5.32 Å². The molecule has 2 aromatic carbocycles. The van der Waals surface area contributed by atoms with Crippen LogP contribution >= 0.6 is 11.8 Å². The van der Waals surface area contributed by atoms with Gasteiger partial charge in [-0.1, -0.05) is 18.2 Å². The molecule has 8 nitrogen and oxygen atoms in total. The standard InChI is InChI=1S/C23H23N3O5S2/c1-25(33(2,29)30)19-6-3-5-18(13-19)24-22(28)16-8-10-17(11-9-16)23-26(21(27)15-32-23)14-20-7-4-12-31-20/h3-13,23H,14-15H2,1-2H3,(H,24,28)/t23-/m1/s1. The smallest absolute Gasteiger partial charge is 0.255 e. The van der Waals surface area contributed by atoms with Crippen molar-refractivity contribution in [3.05, 3.63) is 83.8 Å². The Bertz CT molecular complexity index is 1260. The molecule has 1 aromatic heterocycles. The van der Waals surface area contributed by atoms with Crippen LogP contribution < -0.4 is 9.62 Å². The van der Waals surface area contributed by atoms with E-state index in [1.54, 1.807) is 53.6 Å². The second-order valence-corrected chi connectivity index (χ2v) is 10.7. The van der Waals surface area contributed by atoms with E-state index < -0.39 is 10.0 Å². The molecule has 1 aliphatic rings. The monoisotopic (exact) mass is 485 g/mol. The Morgan fingerprint density at radius 3 is 2.61 bits per heavy atom. The number of furan rings is 1. The van der Waals surface area contributed by atoms with Crippen molar-refractivity contribution in [2.45, 2.75) is 11.9 Å². The highest BCUT2D eigenvalue weighted by atomic mass is 32.2. The number of anilines is 2. The van der Waals surface area contributed by atoms with Gasteiger partial charge in [-0.15, -0.1) is 11.8 Å². The van der Waals surface area contributed by atoms with Gasteiger partial charge in [0.1, 0.15) is 11.1 Å². The lowest BCUT2D eigenvalue weighted by Gasteiger charge is -2.23. The molecule has 0 unspecified atom stereocenters. The third-order valence-corrected chi connectivity index (χ3v) is 7.76. The molecule has 1 fully saturated rings. The zero-order chi connectivity index (χ0) is 23.6. The average Bonchev–Trinajstić information content (AvgIpc) is 3.43. The number of nitrogens with one attached hydrogen (secondary N) is 1. The second-order valence-electron chi connectivity index (χ2n) is 7.62. The van der Waals surface area contributed by atoms with E-state index in [9.17, 15) is 18.0 Å². The average molecular weight is 486 g/mol. The first-order chi connectivity index (χ1) is 15.7. The zero-order valence-electron chi connectivity index (χ0n) is 18.1. The highest BCUT2D eigenvalue weighted by Gasteiger charge is 2.33. The van der Waals surface area contributed by atoms with Crippen molar-refractivity contribution in [2.75, 3.05) is 28.7 Å². The van der Waals surface area contributed by atoms with Gasteiger partial charge in [0.25, 0.3) is 5.91 Å². The minimum absolute atomic E-state index is 0.0437. The molecule has 2 amide bonds. The fourth-order valence-corrected chi connectivity index (χ4v) is 5.13. The van der Waals surface area contributed by atoms with E-state index in [0.717, 1.165) is 21.9 Å². The summed E-state index contributed by atoms with van der Waals surface area (Å²) in [6.07, 6.45) is 2.70. The summed E-state index contributed by atoms with van der Waals surface area (Å²) < 4.78 is 30.1. The summed E-state index contributed by atoms with van der Waals surface area (Å²) in [5.74, 6) is 0.840. The molecule has 1 atom stereocenters. The quantitative estimate of drug-likeness (QED) is 0.548. The lowest BCUT2D eigenvalue weighted by atomic mass is 10.1. The molecule has 3 aromatic rings. The minimum atomic E-state index is -3.41. The number of amides is 2. The van der Waals surface area contributed by atoms with Crippen LogP contribution in [-0.4, -0.2) is 44.2 Å².